The van der Waals surface area contributed by atoms with Crippen LogP contribution in [0.25, 0.3) is 0 Å². The average molecular weight is 193 g/mol. The lowest BCUT2D eigenvalue weighted by atomic mass is 10.3. The summed E-state index contributed by atoms with van der Waals surface area (Å²) in [5.41, 5.74) is 0. The Labute approximate surface area is 77.9 Å². The van der Waals surface area contributed by atoms with E-state index in [2.05, 4.69) is 12.6 Å². The van der Waals surface area contributed by atoms with E-state index in [1.807, 2.05) is 0 Å². The molecule has 4 nitrogen and oxygen atoms in total. The quantitative estimate of drug-likeness (QED) is 0.572. The SMILES string of the molecule is COCC(O)CN(C)C(=O)CS. The molecule has 0 rings (SSSR count). The zero-order valence-electron chi connectivity index (χ0n) is 7.36. The number of hydrogen-bond acceptors (Lipinski definition) is 4. The Bertz CT molecular complexity index is 143. The van der Waals surface area contributed by atoms with Crippen LogP contribution < -0.4 is 0 Å². The monoisotopic (exact) mass is 193 g/mol. The van der Waals surface area contributed by atoms with Gasteiger partial charge in [-0.25, -0.2) is 0 Å². The van der Waals surface area contributed by atoms with Crippen LogP contribution in [0.4, 0.5) is 0 Å². The number of methoxy groups -OCH3 is 1. The van der Waals surface area contributed by atoms with E-state index >= 15 is 0 Å². The van der Waals surface area contributed by atoms with E-state index in [0.29, 0.717) is 0 Å². The van der Waals surface area contributed by atoms with Gasteiger partial charge in [-0.15, -0.1) is 0 Å². The standard InChI is InChI=1S/C7H15NO3S/c1-8(7(10)5-12)3-6(9)4-11-2/h6,9,12H,3-5H2,1-2H3. The van der Waals surface area contributed by atoms with Crippen LogP contribution >= 0.6 is 12.6 Å². The first-order valence-electron chi connectivity index (χ1n) is 3.63. The first-order valence-corrected chi connectivity index (χ1v) is 4.27. The molecule has 12 heavy (non-hydrogen) atoms. The summed E-state index contributed by atoms with van der Waals surface area (Å²) in [5, 5.41) is 9.22. The second-order valence-electron chi connectivity index (χ2n) is 2.54. The Morgan fingerprint density at radius 3 is 2.75 bits per heavy atom. The highest BCUT2D eigenvalue weighted by atomic mass is 32.1. The third-order valence-electron chi connectivity index (χ3n) is 1.40. The van der Waals surface area contributed by atoms with E-state index in [-0.39, 0.29) is 24.8 Å². The van der Waals surface area contributed by atoms with E-state index in [0.717, 1.165) is 0 Å². The van der Waals surface area contributed by atoms with Crippen molar-refractivity contribution < 1.29 is 14.6 Å². The zero-order chi connectivity index (χ0) is 9.56. The highest BCUT2D eigenvalue weighted by Crippen LogP contribution is 1.92. The summed E-state index contributed by atoms with van der Waals surface area (Å²) in [7, 11) is 3.13. The van der Waals surface area contributed by atoms with Gasteiger partial charge in [-0.3, -0.25) is 4.79 Å². The summed E-state index contributed by atoms with van der Waals surface area (Å²) in [4.78, 5) is 12.4. The third kappa shape index (κ3) is 4.58. The minimum Gasteiger partial charge on any atom is -0.389 e. The lowest BCUT2D eigenvalue weighted by Gasteiger charge is -2.19. The fourth-order valence-electron chi connectivity index (χ4n) is 0.784. The average Bonchev–Trinajstić information content (AvgIpc) is 2.03. The second kappa shape index (κ2) is 6.28. The molecule has 0 aliphatic carbocycles. The lowest BCUT2D eigenvalue weighted by molar-refractivity contribution is -0.128. The number of carbonyl (C=O) groups is 1. The maximum atomic E-state index is 10.9. The Hall–Kier alpha value is -0.260. The van der Waals surface area contributed by atoms with Crippen molar-refractivity contribution in [2.45, 2.75) is 6.10 Å². The molecule has 0 heterocycles. The van der Waals surface area contributed by atoms with Gasteiger partial charge >= 0.3 is 0 Å². The van der Waals surface area contributed by atoms with Crippen molar-refractivity contribution in [3.8, 4) is 0 Å². The van der Waals surface area contributed by atoms with Crippen molar-refractivity contribution in [3.63, 3.8) is 0 Å². The molecule has 72 valence electrons. The van der Waals surface area contributed by atoms with Crippen LogP contribution in [0.3, 0.4) is 0 Å². The Morgan fingerprint density at radius 2 is 2.33 bits per heavy atom. The normalized spacial score (nSPS) is 12.7. The number of aliphatic hydroxyl groups excluding tert-OH is 1. The zero-order valence-corrected chi connectivity index (χ0v) is 8.25. The number of ether oxygens (including phenoxy) is 1. The second-order valence-corrected chi connectivity index (χ2v) is 2.86. The minimum atomic E-state index is -0.621. The molecule has 1 atom stereocenters. The summed E-state index contributed by atoms with van der Waals surface area (Å²) in [6, 6.07) is 0. The number of likely N-dealkylation sites (N-methyl/N-ethyl adjacent to an activating group) is 1. The van der Waals surface area contributed by atoms with Crippen LogP contribution in [0.15, 0.2) is 0 Å². The molecule has 0 aromatic carbocycles. The summed E-state index contributed by atoms with van der Waals surface area (Å²) in [6.07, 6.45) is -0.621. The van der Waals surface area contributed by atoms with Crippen molar-refractivity contribution in [1.29, 1.82) is 0 Å². The van der Waals surface area contributed by atoms with Crippen LogP contribution in [-0.4, -0.2) is 55.1 Å². The molecule has 1 unspecified atom stereocenters. The first-order chi connectivity index (χ1) is 5.61. The Balaban J connectivity index is 3.67. The van der Waals surface area contributed by atoms with E-state index < -0.39 is 6.10 Å². The number of nitrogens with zero attached hydrogens (tertiary/aromatic N) is 1. The molecule has 0 aliphatic rings. The van der Waals surface area contributed by atoms with E-state index in [1.54, 1.807) is 7.05 Å². The number of thiol groups is 1. The summed E-state index contributed by atoms with van der Waals surface area (Å²) in [5.74, 6) is 0.0596. The first kappa shape index (κ1) is 11.7. The predicted molar refractivity (Wildman–Crippen MR) is 49.4 cm³/mol. The molecule has 0 aromatic heterocycles. The molecule has 0 aliphatic heterocycles. The fourth-order valence-corrected chi connectivity index (χ4v) is 1.03. The summed E-state index contributed by atoms with van der Waals surface area (Å²) < 4.78 is 4.71. The fraction of sp³-hybridized carbons (Fsp3) is 0.857. The van der Waals surface area contributed by atoms with E-state index in [9.17, 15) is 9.90 Å². The maximum absolute atomic E-state index is 10.9. The van der Waals surface area contributed by atoms with Gasteiger partial charge in [-0.05, 0) is 0 Å². The van der Waals surface area contributed by atoms with Gasteiger partial charge in [-0.1, -0.05) is 0 Å². The van der Waals surface area contributed by atoms with Crippen molar-refractivity contribution >= 4 is 18.5 Å². The summed E-state index contributed by atoms with van der Waals surface area (Å²) in [6.45, 7) is 0.525. The van der Waals surface area contributed by atoms with Crippen LogP contribution in [0.2, 0.25) is 0 Å². The van der Waals surface area contributed by atoms with Crippen molar-refractivity contribution in [2.75, 3.05) is 33.1 Å². The highest BCUT2D eigenvalue weighted by molar-refractivity contribution is 7.81. The van der Waals surface area contributed by atoms with Crippen molar-refractivity contribution in [1.82, 2.24) is 4.90 Å². The molecule has 0 saturated carbocycles. The maximum Gasteiger partial charge on any atom is 0.232 e. The van der Waals surface area contributed by atoms with Gasteiger partial charge in [-0.2, -0.15) is 12.6 Å². The minimum absolute atomic E-state index is 0.103. The van der Waals surface area contributed by atoms with Gasteiger partial charge in [0, 0.05) is 20.7 Å². The lowest BCUT2D eigenvalue weighted by Crippen LogP contribution is -2.36. The number of hydrogen-bond donors (Lipinski definition) is 2. The van der Waals surface area contributed by atoms with Crippen LogP contribution in [-0.2, 0) is 9.53 Å². The van der Waals surface area contributed by atoms with Gasteiger partial charge < -0.3 is 14.7 Å². The number of rotatable bonds is 5. The van der Waals surface area contributed by atoms with Crippen molar-refractivity contribution in [2.24, 2.45) is 0 Å². The molecule has 0 spiro atoms. The van der Waals surface area contributed by atoms with Gasteiger partial charge in [0.1, 0.15) is 0 Å². The number of carbonyl (C=O) groups excluding carboxylic acids is 1. The molecule has 0 aromatic rings. The van der Waals surface area contributed by atoms with Crippen LogP contribution in [0.1, 0.15) is 0 Å². The Kier molecular flexibility index (Phi) is 6.14. The molecule has 0 saturated heterocycles. The molecule has 0 fully saturated rings. The van der Waals surface area contributed by atoms with E-state index in [4.69, 9.17) is 4.74 Å². The molecule has 0 radical (unpaired) electrons. The largest absolute Gasteiger partial charge is 0.389 e. The molecule has 1 N–H and O–H groups in total. The smallest absolute Gasteiger partial charge is 0.232 e. The third-order valence-corrected chi connectivity index (χ3v) is 1.68. The number of aliphatic hydroxyl groups is 1. The van der Waals surface area contributed by atoms with Gasteiger partial charge in [0.15, 0.2) is 0 Å². The molecule has 1 amide bonds. The summed E-state index contributed by atoms with van der Waals surface area (Å²) >= 11 is 3.83. The van der Waals surface area contributed by atoms with Crippen LogP contribution in [0.5, 0.6) is 0 Å². The molecular weight excluding hydrogens is 178 g/mol. The van der Waals surface area contributed by atoms with Crippen molar-refractivity contribution in [3.05, 3.63) is 0 Å². The number of amides is 1. The molecule has 0 bridgehead atoms. The molecular formula is C7H15NO3S. The van der Waals surface area contributed by atoms with Gasteiger partial charge in [0.2, 0.25) is 5.91 Å². The molecule has 5 heteroatoms. The van der Waals surface area contributed by atoms with Gasteiger partial charge in [0.05, 0.1) is 18.5 Å². The van der Waals surface area contributed by atoms with Gasteiger partial charge in [0.25, 0.3) is 0 Å². The Morgan fingerprint density at radius 1 is 1.75 bits per heavy atom. The predicted octanol–water partition coefficient (Wildman–Crippen LogP) is -0.618. The highest BCUT2D eigenvalue weighted by Gasteiger charge is 2.11. The van der Waals surface area contributed by atoms with E-state index in [1.165, 1.54) is 12.0 Å². The van der Waals surface area contributed by atoms with Crippen LogP contribution in [0, 0.1) is 0 Å². The topological polar surface area (TPSA) is 49.8 Å².